The highest BCUT2D eigenvalue weighted by Gasteiger charge is 2.21. The molecule has 2 aromatic rings. The van der Waals surface area contributed by atoms with E-state index in [2.05, 4.69) is 26.2 Å². The number of hydrogen-bond acceptors (Lipinski definition) is 3. The van der Waals surface area contributed by atoms with E-state index < -0.39 is 0 Å². The Bertz CT molecular complexity index is 577. The highest BCUT2D eigenvalue weighted by atomic mass is 79.9. The molecule has 0 aliphatic heterocycles. The van der Waals surface area contributed by atoms with Crippen molar-refractivity contribution in [2.45, 2.75) is 6.04 Å². The average molecular weight is 325 g/mol. The fraction of sp³-hybridized carbons (Fsp3) is 0.214. The van der Waals surface area contributed by atoms with Gasteiger partial charge in [0.25, 0.3) is 0 Å². The first kappa shape index (κ1) is 14.0. The monoisotopic (exact) mass is 324 g/mol. The van der Waals surface area contributed by atoms with Crippen LogP contribution in [0.25, 0.3) is 0 Å². The fourth-order valence-electron chi connectivity index (χ4n) is 1.98. The molecule has 100 valence electrons. The van der Waals surface area contributed by atoms with E-state index in [9.17, 15) is 4.39 Å². The van der Waals surface area contributed by atoms with E-state index in [0.29, 0.717) is 21.5 Å². The molecule has 0 aliphatic carbocycles. The number of ether oxygens (including phenoxy) is 1. The quantitative estimate of drug-likeness (QED) is 0.937. The molecule has 0 radical (unpaired) electrons. The molecule has 0 amide bonds. The lowest BCUT2D eigenvalue weighted by Gasteiger charge is -2.19. The maximum atomic E-state index is 14.2. The maximum Gasteiger partial charge on any atom is 0.142 e. The number of nitrogens with one attached hydrogen (secondary N) is 1. The van der Waals surface area contributed by atoms with Crippen LogP contribution in [0.3, 0.4) is 0 Å². The number of halogens is 2. The minimum absolute atomic E-state index is 0.297. The molecule has 0 spiro atoms. The molecule has 0 saturated heterocycles. The first-order valence-corrected chi connectivity index (χ1v) is 6.58. The Morgan fingerprint density at radius 2 is 2.11 bits per heavy atom. The summed E-state index contributed by atoms with van der Waals surface area (Å²) in [5.41, 5.74) is 1.18. The maximum absolute atomic E-state index is 14.2. The highest BCUT2D eigenvalue weighted by Crippen LogP contribution is 2.31. The zero-order chi connectivity index (χ0) is 13.8. The molecule has 2 rings (SSSR count). The Kier molecular flexibility index (Phi) is 4.50. The molecule has 0 bridgehead atoms. The van der Waals surface area contributed by atoms with Crippen LogP contribution in [0.2, 0.25) is 0 Å². The summed E-state index contributed by atoms with van der Waals surface area (Å²) < 4.78 is 19.9. The minimum Gasteiger partial charge on any atom is -0.495 e. The number of nitrogens with zero attached hydrogens (tertiary/aromatic N) is 1. The molecule has 1 heterocycles. The van der Waals surface area contributed by atoms with Crippen LogP contribution in [-0.4, -0.2) is 19.1 Å². The molecule has 1 aromatic heterocycles. The van der Waals surface area contributed by atoms with Gasteiger partial charge in [0, 0.05) is 11.8 Å². The average Bonchev–Trinajstić information content (AvgIpc) is 2.45. The van der Waals surface area contributed by atoms with E-state index in [-0.39, 0.29) is 11.9 Å². The van der Waals surface area contributed by atoms with E-state index in [1.165, 1.54) is 0 Å². The van der Waals surface area contributed by atoms with E-state index in [1.807, 2.05) is 6.07 Å². The van der Waals surface area contributed by atoms with Crippen molar-refractivity contribution in [2.75, 3.05) is 14.2 Å². The van der Waals surface area contributed by atoms with Gasteiger partial charge in [0.2, 0.25) is 0 Å². The lowest BCUT2D eigenvalue weighted by Crippen LogP contribution is -2.21. The van der Waals surface area contributed by atoms with Crippen molar-refractivity contribution in [1.82, 2.24) is 10.3 Å². The van der Waals surface area contributed by atoms with Crippen LogP contribution in [0.15, 0.2) is 41.0 Å². The van der Waals surface area contributed by atoms with Gasteiger partial charge in [-0.1, -0.05) is 12.1 Å². The van der Waals surface area contributed by atoms with E-state index in [1.54, 1.807) is 44.6 Å². The van der Waals surface area contributed by atoms with Gasteiger partial charge >= 0.3 is 0 Å². The van der Waals surface area contributed by atoms with Gasteiger partial charge < -0.3 is 10.1 Å². The lowest BCUT2D eigenvalue weighted by atomic mass is 10.0. The van der Waals surface area contributed by atoms with Crippen LogP contribution >= 0.6 is 15.9 Å². The predicted octanol–water partition coefficient (Wildman–Crippen LogP) is 3.30. The molecule has 1 unspecified atom stereocenters. The number of methoxy groups -OCH3 is 1. The topological polar surface area (TPSA) is 34.2 Å². The van der Waals surface area contributed by atoms with Gasteiger partial charge in [0.05, 0.1) is 17.6 Å². The normalized spacial score (nSPS) is 12.2. The summed E-state index contributed by atoms with van der Waals surface area (Å²) in [5, 5.41) is 3.07. The second-order valence-corrected chi connectivity index (χ2v) is 4.81. The van der Waals surface area contributed by atoms with E-state index >= 15 is 0 Å². The summed E-state index contributed by atoms with van der Waals surface area (Å²) in [6.45, 7) is 0. The third-order valence-corrected chi connectivity index (χ3v) is 3.49. The summed E-state index contributed by atoms with van der Waals surface area (Å²) in [6.07, 6.45) is 1.66. The molecule has 0 aliphatic rings. The third-order valence-electron chi connectivity index (χ3n) is 2.87. The molecule has 5 heteroatoms. The smallest absolute Gasteiger partial charge is 0.142 e. The minimum atomic E-state index is -0.367. The van der Waals surface area contributed by atoms with Gasteiger partial charge in [-0.3, -0.25) is 4.98 Å². The van der Waals surface area contributed by atoms with Crippen LogP contribution in [0.4, 0.5) is 4.39 Å². The van der Waals surface area contributed by atoms with Gasteiger partial charge in [-0.05, 0) is 41.2 Å². The van der Waals surface area contributed by atoms with Crippen molar-refractivity contribution in [3.63, 3.8) is 0 Å². The summed E-state index contributed by atoms with van der Waals surface area (Å²) in [5.74, 6) is 0.329. The Morgan fingerprint density at radius 1 is 1.32 bits per heavy atom. The molecule has 1 atom stereocenters. The Balaban J connectivity index is 2.53. The fourth-order valence-corrected chi connectivity index (χ4v) is 2.36. The largest absolute Gasteiger partial charge is 0.495 e. The number of hydrogen-bond donors (Lipinski definition) is 1. The van der Waals surface area contributed by atoms with Crippen LogP contribution in [0.1, 0.15) is 17.3 Å². The van der Waals surface area contributed by atoms with Crippen molar-refractivity contribution in [1.29, 1.82) is 0 Å². The Hall–Kier alpha value is -1.46. The van der Waals surface area contributed by atoms with Crippen molar-refractivity contribution >= 4 is 15.9 Å². The molecule has 19 heavy (non-hydrogen) atoms. The van der Waals surface area contributed by atoms with Crippen molar-refractivity contribution in [2.24, 2.45) is 0 Å². The molecule has 1 N–H and O–H groups in total. The zero-order valence-electron chi connectivity index (χ0n) is 10.7. The Labute approximate surface area is 119 Å². The van der Waals surface area contributed by atoms with Crippen LogP contribution in [0, 0.1) is 5.82 Å². The first-order chi connectivity index (χ1) is 9.19. The van der Waals surface area contributed by atoms with E-state index in [0.717, 1.165) is 0 Å². The molecular formula is C14H14BrFN2O. The summed E-state index contributed by atoms with van der Waals surface area (Å²) in [6, 6.07) is 8.42. The van der Waals surface area contributed by atoms with Crippen LogP contribution < -0.4 is 10.1 Å². The van der Waals surface area contributed by atoms with Crippen LogP contribution in [0.5, 0.6) is 5.75 Å². The summed E-state index contributed by atoms with van der Waals surface area (Å²) in [7, 11) is 3.34. The Morgan fingerprint density at radius 3 is 2.79 bits per heavy atom. The van der Waals surface area contributed by atoms with Crippen LogP contribution in [-0.2, 0) is 0 Å². The van der Waals surface area contributed by atoms with Crippen molar-refractivity contribution in [3.05, 3.63) is 58.1 Å². The van der Waals surface area contributed by atoms with Gasteiger partial charge in [-0.2, -0.15) is 0 Å². The standard InChI is InChI=1S/C14H14BrFN2O/c1-17-13(9-5-3-6-10(15)12(9)16)14-11(19-2)7-4-8-18-14/h3-8,13,17H,1-2H3. The van der Waals surface area contributed by atoms with Crippen molar-refractivity contribution < 1.29 is 9.13 Å². The highest BCUT2D eigenvalue weighted by molar-refractivity contribution is 9.10. The molecule has 0 fully saturated rings. The molecule has 1 aromatic carbocycles. The number of pyridine rings is 1. The van der Waals surface area contributed by atoms with Gasteiger partial charge in [-0.25, -0.2) is 4.39 Å². The second kappa shape index (κ2) is 6.12. The van der Waals surface area contributed by atoms with Gasteiger partial charge in [0.1, 0.15) is 17.3 Å². The number of rotatable bonds is 4. The van der Waals surface area contributed by atoms with E-state index in [4.69, 9.17) is 4.74 Å². The van der Waals surface area contributed by atoms with Crippen molar-refractivity contribution in [3.8, 4) is 5.75 Å². The second-order valence-electron chi connectivity index (χ2n) is 3.96. The van der Waals surface area contributed by atoms with Gasteiger partial charge in [0.15, 0.2) is 0 Å². The number of benzene rings is 1. The van der Waals surface area contributed by atoms with Gasteiger partial charge in [-0.15, -0.1) is 0 Å². The molecule has 0 saturated carbocycles. The molecular weight excluding hydrogens is 311 g/mol. The SMILES string of the molecule is CNC(c1cccc(Br)c1F)c1ncccc1OC. The predicted molar refractivity (Wildman–Crippen MR) is 75.8 cm³/mol. The summed E-state index contributed by atoms with van der Waals surface area (Å²) >= 11 is 3.20. The molecule has 3 nitrogen and oxygen atoms in total. The first-order valence-electron chi connectivity index (χ1n) is 5.79. The summed E-state index contributed by atoms with van der Waals surface area (Å²) in [4.78, 5) is 4.30. The zero-order valence-corrected chi connectivity index (χ0v) is 12.2. The third kappa shape index (κ3) is 2.77. The number of aromatic nitrogens is 1. The lowest BCUT2D eigenvalue weighted by molar-refractivity contribution is 0.400.